The SMILES string of the molecule is c1ccc(-c2cc(-c3ccc(-c4ccc(-n5c6ccccc6c6ccc7c(c65)-c5ccccc5Oc5ccccc5-7)cc4)cc3)nc(-c3ccccc3)n2)cc1. The summed E-state index contributed by atoms with van der Waals surface area (Å²) in [5.41, 5.74) is 15.1. The van der Waals surface area contributed by atoms with Gasteiger partial charge < -0.3 is 9.30 Å². The van der Waals surface area contributed by atoms with E-state index in [4.69, 9.17) is 14.7 Å². The lowest BCUT2D eigenvalue weighted by molar-refractivity contribution is 0.488. The van der Waals surface area contributed by atoms with Gasteiger partial charge in [0.25, 0.3) is 0 Å². The summed E-state index contributed by atoms with van der Waals surface area (Å²) in [6.45, 7) is 0. The van der Waals surface area contributed by atoms with Crippen LogP contribution in [-0.2, 0) is 0 Å². The van der Waals surface area contributed by atoms with Crippen LogP contribution in [0.4, 0.5) is 0 Å². The van der Waals surface area contributed by atoms with Gasteiger partial charge in [0.2, 0.25) is 0 Å². The first kappa shape index (κ1) is 31.9. The second-order valence-electron chi connectivity index (χ2n) is 14.1. The quantitative estimate of drug-likeness (QED) is 0.178. The van der Waals surface area contributed by atoms with Gasteiger partial charge in [-0.05, 0) is 53.1 Å². The van der Waals surface area contributed by atoms with Crippen LogP contribution in [0.3, 0.4) is 0 Å². The first-order valence-corrected chi connectivity index (χ1v) is 18.9. The van der Waals surface area contributed by atoms with Gasteiger partial charge in [0, 0.05) is 49.8 Å². The molecule has 0 radical (unpaired) electrons. The van der Waals surface area contributed by atoms with Crippen molar-refractivity contribution >= 4 is 21.8 Å². The van der Waals surface area contributed by atoms with Crippen LogP contribution in [0.5, 0.6) is 11.5 Å². The number of aromatic nitrogens is 3. The lowest BCUT2D eigenvalue weighted by Crippen LogP contribution is -1.97. The van der Waals surface area contributed by atoms with Crippen LogP contribution in [0.1, 0.15) is 0 Å². The number of rotatable bonds is 5. The average Bonchev–Trinajstić information content (AvgIpc) is 3.53. The summed E-state index contributed by atoms with van der Waals surface area (Å²) < 4.78 is 9.01. The van der Waals surface area contributed by atoms with Crippen molar-refractivity contribution in [2.45, 2.75) is 0 Å². The van der Waals surface area contributed by atoms with E-state index in [1.807, 2.05) is 48.5 Å². The van der Waals surface area contributed by atoms with Gasteiger partial charge in [-0.3, -0.25) is 0 Å². The molecule has 10 aromatic rings. The average molecular weight is 716 g/mol. The molecular formula is C52H33N3O. The van der Waals surface area contributed by atoms with Gasteiger partial charge in [-0.2, -0.15) is 0 Å². The van der Waals surface area contributed by atoms with E-state index in [0.29, 0.717) is 5.82 Å². The topological polar surface area (TPSA) is 39.9 Å². The van der Waals surface area contributed by atoms with Crippen molar-refractivity contribution in [3.05, 3.63) is 200 Å². The molecular weight excluding hydrogens is 683 g/mol. The predicted octanol–water partition coefficient (Wildman–Crippen LogP) is 13.7. The summed E-state index contributed by atoms with van der Waals surface area (Å²) in [6.07, 6.45) is 0. The van der Waals surface area contributed by atoms with Gasteiger partial charge in [0.05, 0.1) is 22.4 Å². The van der Waals surface area contributed by atoms with E-state index in [0.717, 1.165) is 73.1 Å². The van der Waals surface area contributed by atoms with E-state index in [1.165, 1.54) is 27.4 Å². The minimum Gasteiger partial charge on any atom is -0.456 e. The Bertz CT molecular complexity index is 3020. The van der Waals surface area contributed by atoms with Crippen molar-refractivity contribution in [3.8, 4) is 84.5 Å². The van der Waals surface area contributed by atoms with E-state index in [2.05, 4.69) is 156 Å². The molecule has 262 valence electrons. The summed E-state index contributed by atoms with van der Waals surface area (Å²) in [6, 6.07) is 70.2. The molecule has 3 heterocycles. The Kier molecular flexibility index (Phi) is 7.46. The van der Waals surface area contributed by atoms with Crippen LogP contribution in [0.15, 0.2) is 200 Å². The highest BCUT2D eigenvalue weighted by molar-refractivity contribution is 6.17. The zero-order chi connectivity index (χ0) is 37.0. The lowest BCUT2D eigenvalue weighted by Gasteiger charge is -2.15. The van der Waals surface area contributed by atoms with Crippen LogP contribution >= 0.6 is 0 Å². The highest BCUT2D eigenvalue weighted by Gasteiger charge is 2.26. The molecule has 0 amide bonds. The first-order valence-electron chi connectivity index (χ1n) is 18.9. The van der Waals surface area contributed by atoms with Crippen molar-refractivity contribution < 1.29 is 4.74 Å². The minimum atomic E-state index is 0.712. The van der Waals surface area contributed by atoms with Crippen LogP contribution < -0.4 is 4.74 Å². The third kappa shape index (κ3) is 5.31. The fraction of sp³-hybridized carbons (Fsp3) is 0. The molecule has 0 N–H and O–H groups in total. The molecule has 0 atom stereocenters. The molecule has 0 saturated heterocycles. The Morgan fingerprint density at radius 2 is 0.911 bits per heavy atom. The molecule has 0 bridgehead atoms. The van der Waals surface area contributed by atoms with Crippen LogP contribution in [0.25, 0.3) is 94.8 Å². The number of nitrogens with zero attached hydrogens (tertiary/aromatic N) is 3. The molecule has 56 heavy (non-hydrogen) atoms. The molecule has 1 aliphatic heterocycles. The molecule has 4 heteroatoms. The standard InChI is InChI=1S/C52H33N3O/c1-3-13-36(14-4-1)45-33-46(54-52(53-45)38-15-5-2-6-16-38)37-25-23-34(24-26-37)35-27-29-39(30-28-35)55-47-20-10-7-17-40(47)43-32-31-42-41-18-8-11-21-48(41)56-49-22-12-9-19-44(49)50(42)51(43)55/h1-33H. The van der Waals surface area contributed by atoms with Gasteiger partial charge in [0.15, 0.2) is 5.82 Å². The van der Waals surface area contributed by atoms with E-state index in [9.17, 15) is 0 Å². The Balaban J connectivity index is 1.01. The fourth-order valence-electron chi connectivity index (χ4n) is 8.19. The second-order valence-corrected chi connectivity index (χ2v) is 14.1. The largest absolute Gasteiger partial charge is 0.456 e. The maximum absolute atomic E-state index is 6.59. The van der Waals surface area contributed by atoms with Crippen molar-refractivity contribution in [3.63, 3.8) is 0 Å². The Morgan fingerprint density at radius 3 is 1.62 bits per heavy atom. The Morgan fingerprint density at radius 1 is 0.375 bits per heavy atom. The number of para-hydroxylation sites is 3. The van der Waals surface area contributed by atoms with Crippen LogP contribution in [-0.4, -0.2) is 14.5 Å². The first-order chi connectivity index (χ1) is 27.8. The summed E-state index contributed by atoms with van der Waals surface area (Å²) in [5.74, 6) is 2.43. The molecule has 0 unspecified atom stereocenters. The maximum atomic E-state index is 6.59. The van der Waals surface area contributed by atoms with Crippen molar-refractivity contribution in [2.75, 3.05) is 0 Å². The van der Waals surface area contributed by atoms with Gasteiger partial charge in [0.1, 0.15) is 11.5 Å². The number of fused-ring (bicyclic) bond motifs is 9. The lowest BCUT2D eigenvalue weighted by atomic mass is 9.92. The summed E-state index contributed by atoms with van der Waals surface area (Å²) in [7, 11) is 0. The minimum absolute atomic E-state index is 0.712. The molecule has 4 nitrogen and oxygen atoms in total. The predicted molar refractivity (Wildman–Crippen MR) is 229 cm³/mol. The third-order valence-corrected chi connectivity index (χ3v) is 10.9. The zero-order valence-electron chi connectivity index (χ0n) is 30.3. The molecule has 2 aromatic heterocycles. The highest BCUT2D eigenvalue weighted by Crippen LogP contribution is 2.51. The summed E-state index contributed by atoms with van der Waals surface area (Å²) in [4.78, 5) is 9.99. The summed E-state index contributed by atoms with van der Waals surface area (Å²) in [5, 5.41) is 2.43. The highest BCUT2D eigenvalue weighted by atomic mass is 16.5. The maximum Gasteiger partial charge on any atom is 0.160 e. The van der Waals surface area contributed by atoms with Gasteiger partial charge in [-0.25, -0.2) is 9.97 Å². The number of ether oxygens (including phenoxy) is 1. The molecule has 11 rings (SSSR count). The van der Waals surface area contributed by atoms with Crippen LogP contribution in [0, 0.1) is 0 Å². The molecule has 0 spiro atoms. The third-order valence-electron chi connectivity index (χ3n) is 10.9. The molecule has 0 aliphatic carbocycles. The van der Waals surface area contributed by atoms with E-state index in [1.54, 1.807) is 0 Å². The smallest absolute Gasteiger partial charge is 0.160 e. The van der Waals surface area contributed by atoms with Crippen molar-refractivity contribution in [1.29, 1.82) is 0 Å². The van der Waals surface area contributed by atoms with E-state index >= 15 is 0 Å². The number of hydrogen-bond donors (Lipinski definition) is 0. The molecule has 0 saturated carbocycles. The van der Waals surface area contributed by atoms with Gasteiger partial charge in [-0.1, -0.05) is 164 Å². The van der Waals surface area contributed by atoms with Gasteiger partial charge in [-0.15, -0.1) is 0 Å². The Labute approximate surface area is 324 Å². The fourth-order valence-corrected chi connectivity index (χ4v) is 8.19. The monoisotopic (exact) mass is 715 g/mol. The van der Waals surface area contributed by atoms with Crippen molar-refractivity contribution in [2.24, 2.45) is 0 Å². The Hall–Kier alpha value is -7.56. The normalized spacial score (nSPS) is 11.7. The number of hydrogen-bond acceptors (Lipinski definition) is 3. The summed E-state index contributed by atoms with van der Waals surface area (Å²) >= 11 is 0. The molecule has 8 aromatic carbocycles. The number of benzene rings is 8. The second kappa shape index (κ2) is 13.1. The van der Waals surface area contributed by atoms with Gasteiger partial charge >= 0.3 is 0 Å². The molecule has 0 fully saturated rings. The van der Waals surface area contributed by atoms with E-state index in [-0.39, 0.29) is 0 Å². The van der Waals surface area contributed by atoms with Crippen molar-refractivity contribution in [1.82, 2.24) is 14.5 Å². The zero-order valence-corrected chi connectivity index (χ0v) is 30.3. The van der Waals surface area contributed by atoms with E-state index < -0.39 is 0 Å². The molecule has 1 aliphatic rings. The van der Waals surface area contributed by atoms with Crippen LogP contribution in [0.2, 0.25) is 0 Å².